The van der Waals surface area contributed by atoms with E-state index in [0.717, 1.165) is 53.5 Å². The number of nitrogens with zero attached hydrogens (tertiary/aromatic N) is 4. The zero-order valence-corrected chi connectivity index (χ0v) is 19.6. The van der Waals surface area contributed by atoms with Gasteiger partial charge in [0.05, 0.1) is 11.9 Å². The van der Waals surface area contributed by atoms with Gasteiger partial charge in [0.25, 0.3) is 0 Å². The summed E-state index contributed by atoms with van der Waals surface area (Å²) in [6.07, 6.45) is 2.56. The molecular weight excluding hydrogens is 459 g/mol. The summed E-state index contributed by atoms with van der Waals surface area (Å²) < 4.78 is 1.75. The van der Waals surface area contributed by atoms with E-state index < -0.39 is 0 Å². The molecule has 2 aromatic heterocycles. The average Bonchev–Trinajstić information content (AvgIpc) is 3.30. The van der Waals surface area contributed by atoms with Gasteiger partial charge in [0, 0.05) is 53.1 Å². The highest BCUT2D eigenvalue weighted by Crippen LogP contribution is 2.26. The molecule has 0 aliphatic heterocycles. The van der Waals surface area contributed by atoms with Crippen LogP contribution in [0.25, 0.3) is 16.9 Å². The van der Waals surface area contributed by atoms with Gasteiger partial charge in [0.15, 0.2) is 5.65 Å². The third-order valence-corrected chi connectivity index (χ3v) is 5.82. The van der Waals surface area contributed by atoms with Crippen molar-refractivity contribution in [3.8, 4) is 11.3 Å². The minimum atomic E-state index is 0.507. The van der Waals surface area contributed by atoms with Gasteiger partial charge in [-0.05, 0) is 36.4 Å². The maximum atomic E-state index is 11.5. The zero-order valence-electron chi connectivity index (χ0n) is 18.1. The number of amides is 1. The molecule has 4 aromatic rings. The number of rotatable bonds is 10. The molecule has 2 heterocycles. The summed E-state index contributed by atoms with van der Waals surface area (Å²) in [7, 11) is 0. The quantitative estimate of drug-likeness (QED) is 0.248. The number of anilines is 2. The van der Waals surface area contributed by atoms with E-state index in [-0.39, 0.29) is 0 Å². The van der Waals surface area contributed by atoms with Gasteiger partial charge < -0.3 is 15.5 Å². The van der Waals surface area contributed by atoms with Crippen molar-refractivity contribution in [3.05, 3.63) is 76.4 Å². The first-order valence-electron chi connectivity index (χ1n) is 10.6. The van der Waals surface area contributed by atoms with Crippen molar-refractivity contribution in [2.75, 3.05) is 29.9 Å². The van der Waals surface area contributed by atoms with Crippen molar-refractivity contribution in [3.63, 3.8) is 0 Å². The van der Waals surface area contributed by atoms with E-state index >= 15 is 0 Å². The predicted molar refractivity (Wildman–Crippen MR) is 134 cm³/mol. The Morgan fingerprint density at radius 1 is 1.09 bits per heavy atom. The van der Waals surface area contributed by atoms with Gasteiger partial charge in [-0.2, -0.15) is 9.61 Å². The third kappa shape index (κ3) is 5.45. The van der Waals surface area contributed by atoms with Crippen molar-refractivity contribution in [1.82, 2.24) is 19.9 Å². The maximum absolute atomic E-state index is 11.5. The smallest absolute Gasteiger partial charge is 0.214 e. The van der Waals surface area contributed by atoms with Crippen LogP contribution >= 0.6 is 23.2 Å². The van der Waals surface area contributed by atoms with Gasteiger partial charge in [0.2, 0.25) is 6.41 Å². The molecule has 1 amide bonds. The molecular formula is C24H24Cl2N6O. The monoisotopic (exact) mass is 482 g/mol. The molecule has 9 heteroatoms. The number of hydrogen-bond acceptors (Lipinski definition) is 5. The van der Waals surface area contributed by atoms with Crippen molar-refractivity contribution in [2.24, 2.45) is 0 Å². The van der Waals surface area contributed by atoms with Crippen LogP contribution in [0.4, 0.5) is 11.5 Å². The molecule has 0 saturated heterocycles. The van der Waals surface area contributed by atoms with E-state index in [9.17, 15) is 4.79 Å². The van der Waals surface area contributed by atoms with E-state index in [1.54, 1.807) is 21.7 Å². The molecule has 0 unspecified atom stereocenters. The Hall–Kier alpha value is -3.13. The number of carbonyl (C=O) groups is 1. The van der Waals surface area contributed by atoms with Crippen LogP contribution < -0.4 is 15.5 Å². The summed E-state index contributed by atoms with van der Waals surface area (Å²) in [5, 5.41) is 12.2. The lowest BCUT2D eigenvalue weighted by molar-refractivity contribution is -0.107. The second-order valence-electron chi connectivity index (χ2n) is 7.42. The molecule has 2 N–H and O–H groups in total. The first-order chi connectivity index (χ1) is 16.1. The van der Waals surface area contributed by atoms with Crippen LogP contribution in [0.3, 0.4) is 0 Å². The second-order valence-corrected chi connectivity index (χ2v) is 8.26. The van der Waals surface area contributed by atoms with E-state index in [0.29, 0.717) is 23.1 Å². The number of aromatic nitrogens is 3. The van der Waals surface area contributed by atoms with Gasteiger partial charge in [-0.3, -0.25) is 4.79 Å². The number of halogens is 2. The Labute approximate surface area is 202 Å². The molecule has 4 rings (SSSR count). The van der Waals surface area contributed by atoms with Crippen LogP contribution in [-0.4, -0.2) is 40.6 Å². The minimum absolute atomic E-state index is 0.507. The number of likely N-dealkylation sites (N-methyl/N-ethyl adjacent to an activating group) is 1. The Balaban J connectivity index is 1.57. The predicted octanol–water partition coefficient (Wildman–Crippen LogP) is 4.89. The molecule has 0 radical (unpaired) electrons. The van der Waals surface area contributed by atoms with Crippen molar-refractivity contribution >= 4 is 46.8 Å². The number of fused-ring (bicyclic) bond motifs is 1. The molecule has 7 nitrogen and oxygen atoms in total. The van der Waals surface area contributed by atoms with Crippen LogP contribution in [0, 0.1) is 0 Å². The minimum Gasteiger partial charge on any atom is -0.366 e. The summed E-state index contributed by atoms with van der Waals surface area (Å²) in [4.78, 5) is 17.9. The first kappa shape index (κ1) is 23.0. The van der Waals surface area contributed by atoms with E-state index in [1.165, 1.54) is 0 Å². The van der Waals surface area contributed by atoms with Crippen LogP contribution in [0.15, 0.2) is 60.8 Å². The molecule has 0 aliphatic carbocycles. The van der Waals surface area contributed by atoms with Crippen LogP contribution in [0.1, 0.15) is 12.5 Å². The highest BCUT2D eigenvalue weighted by atomic mass is 35.5. The third-order valence-electron chi connectivity index (χ3n) is 5.24. The Morgan fingerprint density at radius 3 is 2.64 bits per heavy atom. The molecule has 0 bridgehead atoms. The maximum Gasteiger partial charge on any atom is 0.214 e. The Kier molecular flexibility index (Phi) is 7.44. The molecule has 0 atom stereocenters. The lowest BCUT2D eigenvalue weighted by Gasteiger charge is -2.18. The molecule has 0 saturated carbocycles. The standard InChI is InChI=1S/C24H24Cl2N6O/c1-2-27-11-12-31(16-33)20-7-4-17(5-8-20)22-14-24(32-23(30-22)9-10-29-32)28-15-18-3-6-19(25)13-21(18)26/h3-10,13-14,16,27-28H,2,11-12,15H2,1H3. The van der Waals surface area contributed by atoms with E-state index in [4.69, 9.17) is 28.2 Å². The fourth-order valence-electron chi connectivity index (χ4n) is 3.48. The van der Waals surface area contributed by atoms with Crippen LogP contribution in [-0.2, 0) is 11.3 Å². The molecule has 2 aromatic carbocycles. The topological polar surface area (TPSA) is 74.6 Å². The Morgan fingerprint density at radius 2 is 1.91 bits per heavy atom. The molecule has 0 fully saturated rings. The lowest BCUT2D eigenvalue weighted by atomic mass is 10.1. The van der Waals surface area contributed by atoms with Crippen LogP contribution in [0.2, 0.25) is 10.0 Å². The number of benzene rings is 2. The van der Waals surface area contributed by atoms with Crippen molar-refractivity contribution in [1.29, 1.82) is 0 Å². The van der Waals surface area contributed by atoms with Gasteiger partial charge in [-0.15, -0.1) is 0 Å². The Bertz CT molecular complexity index is 1240. The fraction of sp³-hybridized carbons (Fsp3) is 0.208. The van der Waals surface area contributed by atoms with Crippen molar-refractivity contribution in [2.45, 2.75) is 13.5 Å². The van der Waals surface area contributed by atoms with Crippen LogP contribution in [0.5, 0.6) is 0 Å². The molecule has 0 spiro atoms. The summed E-state index contributed by atoms with van der Waals surface area (Å²) in [5.41, 5.74) is 4.22. The highest BCUT2D eigenvalue weighted by molar-refractivity contribution is 6.35. The highest BCUT2D eigenvalue weighted by Gasteiger charge is 2.11. The van der Waals surface area contributed by atoms with Gasteiger partial charge >= 0.3 is 0 Å². The second kappa shape index (κ2) is 10.7. The summed E-state index contributed by atoms with van der Waals surface area (Å²) in [6, 6.07) is 17.0. The van der Waals surface area contributed by atoms with Crippen molar-refractivity contribution < 1.29 is 4.79 Å². The van der Waals surface area contributed by atoms with E-state index in [2.05, 4.69) is 15.7 Å². The lowest BCUT2D eigenvalue weighted by Crippen LogP contribution is -2.30. The summed E-state index contributed by atoms with van der Waals surface area (Å²) in [5.74, 6) is 0.787. The SMILES string of the molecule is CCNCCN(C=O)c1ccc(-c2cc(NCc3ccc(Cl)cc3Cl)n3nccc3n2)cc1. The average molecular weight is 483 g/mol. The van der Waals surface area contributed by atoms with E-state index in [1.807, 2.05) is 55.5 Å². The number of carbonyl (C=O) groups excluding carboxylic acids is 1. The zero-order chi connectivity index (χ0) is 23.2. The number of hydrogen-bond donors (Lipinski definition) is 2. The van der Waals surface area contributed by atoms with Gasteiger partial charge in [0.1, 0.15) is 5.82 Å². The number of nitrogens with one attached hydrogen (secondary N) is 2. The first-order valence-corrected chi connectivity index (χ1v) is 11.4. The summed E-state index contributed by atoms with van der Waals surface area (Å²) >= 11 is 12.3. The fourth-order valence-corrected chi connectivity index (χ4v) is 3.96. The molecule has 0 aliphatic rings. The largest absolute Gasteiger partial charge is 0.366 e. The summed E-state index contributed by atoms with van der Waals surface area (Å²) in [6.45, 7) is 4.77. The molecule has 170 valence electrons. The normalized spacial score (nSPS) is 11.0. The molecule has 33 heavy (non-hydrogen) atoms. The van der Waals surface area contributed by atoms with Gasteiger partial charge in [-0.25, -0.2) is 4.98 Å². The van der Waals surface area contributed by atoms with Gasteiger partial charge in [-0.1, -0.05) is 48.3 Å².